The van der Waals surface area contributed by atoms with Gasteiger partial charge in [-0.2, -0.15) is 0 Å². The highest BCUT2D eigenvalue weighted by atomic mass is 16.5. The Balaban J connectivity index is 2.15. The number of hydrogen-bond donors (Lipinski definition) is 2. The van der Waals surface area contributed by atoms with Crippen LogP contribution in [0.1, 0.15) is 36.8 Å². The number of anilines is 1. The molecule has 1 rings (SSSR count). The summed E-state index contributed by atoms with van der Waals surface area (Å²) in [4.78, 5) is 22.7. The van der Waals surface area contributed by atoms with Crippen molar-refractivity contribution in [3.05, 3.63) is 29.3 Å². The highest BCUT2D eigenvalue weighted by molar-refractivity contribution is 5.81. The van der Waals surface area contributed by atoms with Gasteiger partial charge in [0.05, 0.1) is 13.7 Å². The lowest BCUT2D eigenvalue weighted by atomic mass is 10.1. The topological polar surface area (TPSA) is 67.4 Å². The largest absolute Gasteiger partial charge is 0.469 e. The molecule has 5 heteroatoms. The normalized spacial score (nSPS) is 10.1. The van der Waals surface area contributed by atoms with Crippen LogP contribution in [-0.2, 0) is 14.3 Å². The minimum absolute atomic E-state index is 0.0179. The second-order valence-corrected chi connectivity index (χ2v) is 5.36. The Bertz CT molecular complexity index is 480. The first-order valence-electron chi connectivity index (χ1n) is 7.68. The Labute approximate surface area is 132 Å². The molecule has 1 aromatic rings. The Morgan fingerprint density at radius 3 is 2.41 bits per heavy atom. The van der Waals surface area contributed by atoms with Crippen LogP contribution >= 0.6 is 0 Å². The molecule has 0 aliphatic rings. The molecule has 0 atom stereocenters. The lowest BCUT2D eigenvalue weighted by Gasteiger charge is -2.12. The molecular formula is C17H26N2O3. The highest BCUT2D eigenvalue weighted by Crippen LogP contribution is 2.18. The number of aryl methyl sites for hydroxylation is 2. The van der Waals surface area contributed by atoms with Crippen molar-refractivity contribution in [3.63, 3.8) is 0 Å². The number of ether oxygens (including phenoxy) is 1. The fraction of sp³-hybridized carbons (Fsp3) is 0.529. The molecule has 0 heterocycles. The van der Waals surface area contributed by atoms with Gasteiger partial charge in [0.2, 0.25) is 5.91 Å². The molecule has 1 aromatic carbocycles. The Morgan fingerprint density at radius 2 is 1.77 bits per heavy atom. The van der Waals surface area contributed by atoms with Crippen molar-refractivity contribution >= 4 is 17.6 Å². The van der Waals surface area contributed by atoms with E-state index < -0.39 is 0 Å². The van der Waals surface area contributed by atoms with Crippen molar-refractivity contribution in [2.45, 2.75) is 39.5 Å². The van der Waals surface area contributed by atoms with Gasteiger partial charge in [0.25, 0.3) is 0 Å². The second-order valence-electron chi connectivity index (χ2n) is 5.36. The summed E-state index contributed by atoms with van der Waals surface area (Å²) in [6, 6.07) is 6.05. The molecular weight excluding hydrogens is 280 g/mol. The molecule has 0 bridgehead atoms. The van der Waals surface area contributed by atoms with Gasteiger partial charge < -0.3 is 15.4 Å². The third-order valence-corrected chi connectivity index (χ3v) is 3.51. The molecule has 5 nitrogen and oxygen atoms in total. The minimum atomic E-state index is -0.179. The summed E-state index contributed by atoms with van der Waals surface area (Å²) < 4.78 is 4.57. The fourth-order valence-electron chi connectivity index (χ4n) is 2.23. The molecule has 0 aromatic heterocycles. The standard InChI is InChI=1S/C17H26N2O3/c1-13-8-7-9-14(2)17(13)19-12-15(20)18-11-6-4-5-10-16(21)22-3/h7-9,19H,4-6,10-12H2,1-3H3,(H,18,20). The predicted octanol–water partition coefficient (Wildman–Crippen LogP) is 2.56. The zero-order chi connectivity index (χ0) is 16.4. The van der Waals surface area contributed by atoms with Gasteiger partial charge in [0.1, 0.15) is 0 Å². The molecule has 0 aliphatic heterocycles. The predicted molar refractivity (Wildman–Crippen MR) is 87.9 cm³/mol. The van der Waals surface area contributed by atoms with E-state index in [-0.39, 0.29) is 18.4 Å². The molecule has 122 valence electrons. The molecule has 0 unspecified atom stereocenters. The molecule has 2 N–H and O–H groups in total. The van der Waals surface area contributed by atoms with Gasteiger partial charge in [-0.15, -0.1) is 0 Å². The van der Waals surface area contributed by atoms with E-state index in [0.29, 0.717) is 13.0 Å². The molecule has 0 saturated heterocycles. The van der Waals surface area contributed by atoms with Crippen molar-refractivity contribution in [1.82, 2.24) is 5.32 Å². The van der Waals surface area contributed by atoms with Crippen LogP contribution in [0.2, 0.25) is 0 Å². The van der Waals surface area contributed by atoms with E-state index >= 15 is 0 Å². The van der Waals surface area contributed by atoms with E-state index in [0.717, 1.165) is 36.1 Å². The monoisotopic (exact) mass is 306 g/mol. The third-order valence-electron chi connectivity index (χ3n) is 3.51. The molecule has 0 fully saturated rings. The molecule has 0 aliphatic carbocycles. The maximum absolute atomic E-state index is 11.8. The summed E-state index contributed by atoms with van der Waals surface area (Å²) in [6.07, 6.45) is 3.01. The quantitative estimate of drug-likeness (QED) is 0.543. The van der Waals surface area contributed by atoms with Crippen LogP contribution in [0.25, 0.3) is 0 Å². The molecule has 1 amide bonds. The van der Waals surface area contributed by atoms with Crippen molar-refractivity contribution < 1.29 is 14.3 Å². The summed E-state index contributed by atoms with van der Waals surface area (Å²) in [5.74, 6) is -0.197. The number of carbonyl (C=O) groups is 2. The van der Waals surface area contributed by atoms with Crippen LogP contribution in [0.5, 0.6) is 0 Å². The number of unbranched alkanes of at least 4 members (excludes halogenated alkanes) is 2. The van der Waals surface area contributed by atoms with E-state index in [2.05, 4.69) is 15.4 Å². The van der Waals surface area contributed by atoms with E-state index in [9.17, 15) is 9.59 Å². The van der Waals surface area contributed by atoms with Crippen LogP contribution < -0.4 is 10.6 Å². The van der Waals surface area contributed by atoms with Crippen molar-refractivity contribution in [3.8, 4) is 0 Å². The van der Waals surface area contributed by atoms with Gasteiger partial charge in [-0.05, 0) is 37.8 Å². The first kappa shape index (κ1) is 18.0. The van der Waals surface area contributed by atoms with Crippen molar-refractivity contribution in [2.24, 2.45) is 0 Å². The maximum Gasteiger partial charge on any atom is 0.305 e. The van der Waals surface area contributed by atoms with E-state index in [1.54, 1.807) is 0 Å². The lowest BCUT2D eigenvalue weighted by Crippen LogP contribution is -2.30. The van der Waals surface area contributed by atoms with Gasteiger partial charge in [0, 0.05) is 18.7 Å². The Morgan fingerprint density at radius 1 is 1.09 bits per heavy atom. The third kappa shape index (κ3) is 6.61. The van der Waals surface area contributed by atoms with Gasteiger partial charge in [-0.25, -0.2) is 0 Å². The summed E-state index contributed by atoms with van der Waals surface area (Å²) in [5, 5.41) is 6.06. The zero-order valence-electron chi connectivity index (χ0n) is 13.7. The van der Waals surface area contributed by atoms with Crippen LogP contribution in [0, 0.1) is 13.8 Å². The summed E-state index contributed by atoms with van der Waals surface area (Å²) >= 11 is 0. The first-order valence-corrected chi connectivity index (χ1v) is 7.68. The minimum Gasteiger partial charge on any atom is -0.469 e. The number of rotatable bonds is 9. The van der Waals surface area contributed by atoms with E-state index in [1.807, 2.05) is 32.0 Å². The van der Waals surface area contributed by atoms with E-state index in [1.165, 1.54) is 7.11 Å². The van der Waals surface area contributed by atoms with Gasteiger partial charge in [-0.1, -0.05) is 24.6 Å². The van der Waals surface area contributed by atoms with Crippen molar-refractivity contribution in [1.29, 1.82) is 0 Å². The van der Waals surface area contributed by atoms with E-state index in [4.69, 9.17) is 0 Å². The lowest BCUT2D eigenvalue weighted by molar-refractivity contribution is -0.140. The van der Waals surface area contributed by atoms with Crippen LogP contribution in [0.4, 0.5) is 5.69 Å². The fourth-order valence-corrected chi connectivity index (χ4v) is 2.23. The number of para-hydroxylation sites is 1. The highest BCUT2D eigenvalue weighted by Gasteiger charge is 2.05. The van der Waals surface area contributed by atoms with Crippen LogP contribution in [0.15, 0.2) is 18.2 Å². The van der Waals surface area contributed by atoms with Gasteiger partial charge in [-0.3, -0.25) is 9.59 Å². The molecule has 0 spiro atoms. The number of hydrogen-bond acceptors (Lipinski definition) is 4. The first-order chi connectivity index (χ1) is 10.5. The summed E-state index contributed by atoms with van der Waals surface area (Å²) in [7, 11) is 1.39. The second kappa shape index (κ2) is 9.82. The molecule has 0 saturated carbocycles. The number of nitrogens with one attached hydrogen (secondary N) is 2. The maximum atomic E-state index is 11.8. The van der Waals surface area contributed by atoms with Gasteiger partial charge >= 0.3 is 5.97 Å². The molecule has 0 radical (unpaired) electrons. The SMILES string of the molecule is COC(=O)CCCCCNC(=O)CNc1c(C)cccc1C. The number of amides is 1. The van der Waals surface area contributed by atoms with Gasteiger partial charge in [0.15, 0.2) is 0 Å². The average Bonchev–Trinajstić information content (AvgIpc) is 2.49. The average molecular weight is 306 g/mol. The smallest absolute Gasteiger partial charge is 0.305 e. The number of methoxy groups -OCH3 is 1. The number of carbonyl (C=O) groups excluding carboxylic acids is 2. The number of esters is 1. The van der Waals surface area contributed by atoms with Crippen molar-refractivity contribution in [2.75, 3.05) is 25.5 Å². The van der Waals surface area contributed by atoms with Crippen LogP contribution in [-0.4, -0.2) is 32.1 Å². The molecule has 22 heavy (non-hydrogen) atoms. The Hall–Kier alpha value is -2.04. The number of benzene rings is 1. The Kier molecular flexibility index (Phi) is 8.04. The summed E-state index contributed by atoms with van der Waals surface area (Å²) in [5.41, 5.74) is 3.29. The van der Waals surface area contributed by atoms with Crippen LogP contribution in [0.3, 0.4) is 0 Å². The zero-order valence-corrected chi connectivity index (χ0v) is 13.7. The summed E-state index contributed by atoms with van der Waals surface area (Å²) in [6.45, 7) is 4.95.